The third-order valence-corrected chi connectivity index (χ3v) is 7.90. The molecule has 0 fully saturated rings. The summed E-state index contributed by atoms with van der Waals surface area (Å²) in [7, 11) is 0. The van der Waals surface area contributed by atoms with Crippen molar-refractivity contribution in [2.75, 3.05) is 23.3 Å². The molecule has 5 rings (SSSR count). The number of nitrogens with zero attached hydrogens (tertiary/aromatic N) is 1. The van der Waals surface area contributed by atoms with Crippen LogP contribution in [0.15, 0.2) is 95.3 Å². The Morgan fingerprint density at radius 1 is 0.900 bits per heavy atom. The lowest BCUT2D eigenvalue weighted by Gasteiger charge is -2.37. The van der Waals surface area contributed by atoms with E-state index in [9.17, 15) is 18.4 Å². The second-order valence-corrected chi connectivity index (χ2v) is 10.2. The lowest BCUT2D eigenvalue weighted by atomic mass is 9.71. The Labute approximate surface area is 233 Å². The molecule has 0 spiro atoms. The molecule has 40 heavy (non-hydrogen) atoms. The number of ketones is 1. The van der Waals surface area contributed by atoms with Crippen molar-refractivity contribution in [3.63, 3.8) is 0 Å². The number of hydrogen-bond donors (Lipinski definition) is 2. The lowest BCUT2D eigenvalue weighted by Crippen LogP contribution is -2.37. The molecule has 2 N–H and O–H groups in total. The first-order valence-electron chi connectivity index (χ1n) is 13.7. The Hall–Kier alpha value is -4.26. The Kier molecular flexibility index (Phi) is 7.83. The summed E-state index contributed by atoms with van der Waals surface area (Å²) in [6, 6.07) is 21.2. The predicted octanol–water partition coefficient (Wildman–Crippen LogP) is 6.81. The van der Waals surface area contributed by atoms with Crippen molar-refractivity contribution in [1.82, 2.24) is 5.32 Å². The smallest absolute Gasteiger partial charge is 0.254 e. The molecular formula is C33H33F2N3O2. The lowest BCUT2D eigenvalue weighted by molar-refractivity contribution is -0.116. The normalized spacial score (nSPS) is 18.8. The van der Waals surface area contributed by atoms with Crippen molar-refractivity contribution < 1.29 is 18.4 Å². The second kappa shape index (κ2) is 11.5. The van der Waals surface area contributed by atoms with Crippen molar-refractivity contribution in [2.45, 2.75) is 45.4 Å². The molecule has 7 heteroatoms. The Morgan fingerprint density at radius 3 is 2.17 bits per heavy atom. The number of benzene rings is 3. The number of Topliss-reactive ketones (excluding diaryl/α,β-unsaturated/α-hetero) is 1. The molecule has 2 aliphatic rings. The highest BCUT2D eigenvalue weighted by Crippen LogP contribution is 2.46. The molecule has 0 radical (unpaired) electrons. The van der Waals surface area contributed by atoms with E-state index in [2.05, 4.69) is 29.4 Å². The minimum Gasteiger partial charge on any atom is -0.372 e. The maximum absolute atomic E-state index is 14.5. The van der Waals surface area contributed by atoms with Crippen LogP contribution in [0.4, 0.5) is 20.2 Å². The first kappa shape index (κ1) is 27.3. The van der Waals surface area contributed by atoms with Crippen LogP contribution in [-0.4, -0.2) is 24.8 Å². The van der Waals surface area contributed by atoms with Crippen molar-refractivity contribution in [3.8, 4) is 0 Å². The van der Waals surface area contributed by atoms with Gasteiger partial charge in [0.2, 0.25) is 0 Å². The van der Waals surface area contributed by atoms with E-state index >= 15 is 0 Å². The Bertz CT molecular complexity index is 1470. The number of rotatable bonds is 7. The molecule has 0 saturated heterocycles. The summed E-state index contributed by atoms with van der Waals surface area (Å²) in [4.78, 5) is 29.8. The molecule has 0 bridgehead atoms. The fourth-order valence-corrected chi connectivity index (χ4v) is 5.90. The summed E-state index contributed by atoms with van der Waals surface area (Å²) >= 11 is 0. The van der Waals surface area contributed by atoms with Gasteiger partial charge in [0.05, 0.1) is 0 Å². The van der Waals surface area contributed by atoms with Gasteiger partial charge in [-0.15, -0.1) is 0 Å². The molecule has 3 aromatic rings. The van der Waals surface area contributed by atoms with Crippen LogP contribution in [0.3, 0.4) is 0 Å². The van der Waals surface area contributed by atoms with E-state index in [0.717, 1.165) is 47.7 Å². The largest absolute Gasteiger partial charge is 0.372 e. The zero-order chi connectivity index (χ0) is 28.4. The van der Waals surface area contributed by atoms with E-state index in [0.29, 0.717) is 24.1 Å². The minimum absolute atomic E-state index is 0.0151. The van der Waals surface area contributed by atoms with E-state index in [4.69, 9.17) is 0 Å². The first-order valence-corrected chi connectivity index (χ1v) is 13.7. The van der Waals surface area contributed by atoms with Crippen LogP contribution in [0.1, 0.15) is 56.6 Å². The monoisotopic (exact) mass is 541 g/mol. The second-order valence-electron chi connectivity index (χ2n) is 10.2. The highest BCUT2D eigenvalue weighted by atomic mass is 19.1. The number of anilines is 2. The molecule has 0 aromatic heterocycles. The molecule has 206 valence electrons. The number of nitrogens with one attached hydrogen (secondary N) is 2. The van der Waals surface area contributed by atoms with Gasteiger partial charge in [0.1, 0.15) is 17.3 Å². The number of halogens is 2. The molecule has 1 heterocycles. The van der Waals surface area contributed by atoms with Gasteiger partial charge in [-0.1, -0.05) is 48.5 Å². The highest BCUT2D eigenvalue weighted by Gasteiger charge is 2.41. The Morgan fingerprint density at radius 2 is 1.55 bits per heavy atom. The van der Waals surface area contributed by atoms with E-state index in [1.165, 1.54) is 6.07 Å². The number of allylic oxidation sites excluding steroid dienone is 3. The van der Waals surface area contributed by atoms with Crippen molar-refractivity contribution in [1.29, 1.82) is 0 Å². The first-order chi connectivity index (χ1) is 19.3. The summed E-state index contributed by atoms with van der Waals surface area (Å²) in [5.41, 5.74) is 4.52. The van der Waals surface area contributed by atoms with Gasteiger partial charge < -0.3 is 15.5 Å². The van der Waals surface area contributed by atoms with Crippen LogP contribution in [0.5, 0.6) is 0 Å². The van der Waals surface area contributed by atoms with Crippen LogP contribution in [-0.2, 0) is 9.59 Å². The zero-order valence-corrected chi connectivity index (χ0v) is 22.9. The molecule has 2 atom stereocenters. The molecule has 2 unspecified atom stereocenters. The minimum atomic E-state index is -0.866. The molecular weight excluding hydrogens is 508 g/mol. The van der Waals surface area contributed by atoms with Gasteiger partial charge in [-0.3, -0.25) is 9.59 Å². The van der Waals surface area contributed by atoms with Crippen molar-refractivity contribution in [3.05, 3.63) is 118 Å². The third kappa shape index (κ3) is 5.16. The summed E-state index contributed by atoms with van der Waals surface area (Å²) in [6.45, 7) is 7.63. The van der Waals surface area contributed by atoms with Crippen LogP contribution in [0.25, 0.3) is 0 Å². The van der Waals surface area contributed by atoms with Gasteiger partial charge >= 0.3 is 0 Å². The summed E-state index contributed by atoms with van der Waals surface area (Å²) in [5.74, 6) is -3.10. The number of hydrogen-bond acceptors (Lipinski definition) is 4. The maximum Gasteiger partial charge on any atom is 0.254 e. The van der Waals surface area contributed by atoms with Gasteiger partial charge in [0, 0.05) is 53.7 Å². The van der Waals surface area contributed by atoms with Crippen molar-refractivity contribution >= 4 is 23.1 Å². The molecule has 0 saturated carbocycles. The number of para-hydroxylation sites is 1. The molecule has 1 aliphatic carbocycles. The molecule has 5 nitrogen and oxygen atoms in total. The van der Waals surface area contributed by atoms with Gasteiger partial charge in [-0.2, -0.15) is 0 Å². The molecule has 1 amide bonds. The topological polar surface area (TPSA) is 61.4 Å². The van der Waals surface area contributed by atoms with E-state index in [1.54, 1.807) is 6.92 Å². The number of dihydropyridines is 1. The van der Waals surface area contributed by atoms with E-state index in [-0.39, 0.29) is 17.3 Å². The third-order valence-electron chi connectivity index (χ3n) is 7.90. The van der Waals surface area contributed by atoms with Crippen LogP contribution in [0.2, 0.25) is 0 Å². The number of carbonyl (C=O) groups excluding carboxylic acids is 2. The van der Waals surface area contributed by atoms with E-state index in [1.807, 2.05) is 54.6 Å². The quantitative estimate of drug-likeness (QED) is 0.345. The van der Waals surface area contributed by atoms with Crippen molar-refractivity contribution in [2.24, 2.45) is 0 Å². The average molecular weight is 542 g/mol. The SMILES string of the molecule is CCN(CC)c1ccc(C2C(C(=O)Nc3c(F)cccc3F)=C(C)NC3=C2C(=O)CC(c2ccccc2)C3)cc1. The maximum atomic E-state index is 14.5. The average Bonchev–Trinajstić information content (AvgIpc) is 2.95. The highest BCUT2D eigenvalue weighted by molar-refractivity contribution is 6.10. The van der Waals surface area contributed by atoms with Gasteiger partial charge in [-0.25, -0.2) is 8.78 Å². The fraction of sp³-hybridized carbons (Fsp3) is 0.273. The van der Waals surface area contributed by atoms with Crippen LogP contribution in [0, 0.1) is 11.6 Å². The van der Waals surface area contributed by atoms with Gasteiger partial charge in [0.25, 0.3) is 5.91 Å². The summed E-state index contributed by atoms with van der Waals surface area (Å²) in [5, 5.41) is 5.77. The fourth-order valence-electron chi connectivity index (χ4n) is 5.90. The molecule has 3 aromatic carbocycles. The van der Waals surface area contributed by atoms with E-state index < -0.39 is 29.1 Å². The zero-order valence-electron chi connectivity index (χ0n) is 22.9. The summed E-state index contributed by atoms with van der Waals surface area (Å²) < 4.78 is 28.9. The van der Waals surface area contributed by atoms with Crippen LogP contribution >= 0.6 is 0 Å². The standard InChI is InChI=1S/C33H33F2N3O2/c1-4-38(5-2)24-16-14-22(15-17-24)30-29(33(40)37-32-25(34)12-9-13-26(32)35)20(3)36-27-18-23(19-28(39)31(27)30)21-10-7-6-8-11-21/h6-17,23,30,36H,4-5,18-19H2,1-3H3,(H,37,40). The van der Waals surface area contributed by atoms with Gasteiger partial charge in [-0.05, 0) is 68.5 Å². The number of carbonyl (C=O) groups is 2. The van der Waals surface area contributed by atoms with Gasteiger partial charge in [0.15, 0.2) is 5.78 Å². The molecule has 1 aliphatic heterocycles. The Balaban J connectivity index is 1.58. The van der Waals surface area contributed by atoms with Crippen LogP contribution < -0.4 is 15.5 Å². The predicted molar refractivity (Wildman–Crippen MR) is 154 cm³/mol. The number of amides is 1. The summed E-state index contributed by atoms with van der Waals surface area (Å²) in [6.07, 6.45) is 0.932.